The van der Waals surface area contributed by atoms with Crippen molar-refractivity contribution in [2.75, 3.05) is 19.6 Å². The first-order chi connectivity index (χ1) is 13.2. The van der Waals surface area contributed by atoms with Gasteiger partial charge in [0.25, 0.3) is 0 Å². The number of nitrogens with one attached hydrogen (secondary N) is 1. The molecular weight excluding hydrogens is 342 g/mol. The van der Waals surface area contributed by atoms with Crippen molar-refractivity contribution in [3.8, 4) is 0 Å². The number of carbonyl (C=O) groups excluding carboxylic acids is 1. The number of benzene rings is 2. The van der Waals surface area contributed by atoms with Gasteiger partial charge in [-0.25, -0.2) is 0 Å². The number of hydrogen-bond acceptors (Lipinski definition) is 5. The number of rotatable bonds is 4. The van der Waals surface area contributed by atoms with Gasteiger partial charge in [-0.1, -0.05) is 60.7 Å². The Morgan fingerprint density at radius 1 is 1.07 bits per heavy atom. The van der Waals surface area contributed by atoms with E-state index in [1.54, 1.807) is 12.1 Å². The molecule has 138 valence electrons. The van der Waals surface area contributed by atoms with Gasteiger partial charge in [-0.2, -0.15) is 0 Å². The zero-order chi connectivity index (χ0) is 18.8. The Hall–Kier alpha value is -3.15. The van der Waals surface area contributed by atoms with Gasteiger partial charge in [0, 0.05) is 23.6 Å². The fourth-order valence-corrected chi connectivity index (χ4v) is 4.05. The predicted molar refractivity (Wildman–Crippen MR) is 102 cm³/mol. The van der Waals surface area contributed by atoms with Gasteiger partial charge in [0.1, 0.15) is 5.82 Å². The largest absolute Gasteiger partial charge is 0.371 e. The fourth-order valence-electron chi connectivity index (χ4n) is 4.05. The van der Waals surface area contributed by atoms with Crippen LogP contribution >= 0.6 is 0 Å². The van der Waals surface area contributed by atoms with E-state index in [-0.39, 0.29) is 10.7 Å². The number of nitrogens with zero attached hydrogens (tertiary/aromatic N) is 2. The standard InChI is InChI=1S/C21H21N3O3/c25-20(16-10-5-2-6-11-16)19-18(15-8-3-1-4-9-15)17(24(26)27)14-23-13-7-12-22-21(19)23/h1-6,8-11,17-18,22H,7,12-14H2. The minimum Gasteiger partial charge on any atom is -0.371 e. The lowest BCUT2D eigenvalue weighted by molar-refractivity contribution is -0.526. The zero-order valence-electron chi connectivity index (χ0n) is 14.9. The monoisotopic (exact) mass is 363 g/mol. The van der Waals surface area contributed by atoms with E-state index >= 15 is 0 Å². The molecule has 1 fully saturated rings. The molecule has 2 atom stereocenters. The number of carbonyl (C=O) groups is 1. The normalized spacial score (nSPS) is 22.0. The minimum absolute atomic E-state index is 0.148. The first kappa shape index (κ1) is 17.3. The summed E-state index contributed by atoms with van der Waals surface area (Å²) in [6, 6.07) is 17.5. The molecule has 0 bridgehead atoms. The number of Topliss-reactive ketones (excluding diaryl/α,β-unsaturated/α-hetero) is 1. The molecule has 27 heavy (non-hydrogen) atoms. The summed E-state index contributed by atoms with van der Waals surface area (Å²) in [6.45, 7) is 1.79. The Bertz CT molecular complexity index is 880. The molecule has 2 heterocycles. The lowest BCUT2D eigenvalue weighted by atomic mass is 9.78. The van der Waals surface area contributed by atoms with Crippen molar-refractivity contribution >= 4 is 5.78 Å². The van der Waals surface area contributed by atoms with E-state index in [2.05, 4.69) is 5.32 Å². The van der Waals surface area contributed by atoms with E-state index in [1.165, 1.54) is 0 Å². The minimum atomic E-state index is -0.862. The van der Waals surface area contributed by atoms with Crippen molar-refractivity contribution in [1.29, 1.82) is 0 Å². The molecule has 0 saturated carbocycles. The quantitative estimate of drug-likeness (QED) is 0.514. The number of fused-ring (bicyclic) bond motifs is 1. The lowest BCUT2D eigenvalue weighted by Crippen LogP contribution is -2.53. The molecule has 2 aromatic carbocycles. The van der Waals surface area contributed by atoms with Gasteiger partial charge in [0.05, 0.1) is 18.0 Å². The van der Waals surface area contributed by atoms with Crippen molar-refractivity contribution in [1.82, 2.24) is 10.2 Å². The first-order valence-electron chi connectivity index (χ1n) is 9.18. The molecule has 0 radical (unpaired) electrons. The van der Waals surface area contributed by atoms with E-state index < -0.39 is 12.0 Å². The molecule has 1 N–H and O–H groups in total. The second kappa shape index (κ2) is 7.23. The fraction of sp³-hybridized carbons (Fsp3) is 0.286. The second-order valence-corrected chi connectivity index (χ2v) is 6.92. The molecule has 2 aliphatic rings. The number of nitro groups is 1. The van der Waals surface area contributed by atoms with Crippen molar-refractivity contribution in [2.24, 2.45) is 0 Å². The maximum Gasteiger partial charge on any atom is 0.241 e. The van der Waals surface area contributed by atoms with Crippen LogP contribution in [0.1, 0.15) is 28.3 Å². The smallest absolute Gasteiger partial charge is 0.241 e. The summed E-state index contributed by atoms with van der Waals surface area (Å²) < 4.78 is 0. The molecule has 0 amide bonds. The summed E-state index contributed by atoms with van der Waals surface area (Å²) in [5.74, 6) is 0.0261. The highest BCUT2D eigenvalue weighted by atomic mass is 16.6. The Morgan fingerprint density at radius 2 is 1.74 bits per heavy atom. The van der Waals surface area contributed by atoms with Crippen LogP contribution in [0.3, 0.4) is 0 Å². The van der Waals surface area contributed by atoms with Crippen molar-refractivity contribution < 1.29 is 9.72 Å². The van der Waals surface area contributed by atoms with Gasteiger partial charge in [0.2, 0.25) is 6.04 Å². The van der Waals surface area contributed by atoms with Crippen LogP contribution in [-0.4, -0.2) is 41.3 Å². The third-order valence-electron chi connectivity index (χ3n) is 5.28. The third kappa shape index (κ3) is 3.18. The average Bonchev–Trinajstić information content (AvgIpc) is 2.73. The van der Waals surface area contributed by atoms with Gasteiger partial charge in [-0.15, -0.1) is 0 Å². The van der Waals surface area contributed by atoms with Gasteiger partial charge >= 0.3 is 0 Å². The summed E-state index contributed by atoms with van der Waals surface area (Å²) >= 11 is 0. The highest BCUT2D eigenvalue weighted by molar-refractivity contribution is 6.10. The molecule has 2 aromatic rings. The molecule has 1 saturated heterocycles. The van der Waals surface area contributed by atoms with Gasteiger partial charge in [0.15, 0.2) is 5.78 Å². The van der Waals surface area contributed by atoms with Gasteiger partial charge in [-0.05, 0) is 12.0 Å². The van der Waals surface area contributed by atoms with Crippen LogP contribution in [0.15, 0.2) is 72.1 Å². The summed E-state index contributed by atoms with van der Waals surface area (Å²) in [4.78, 5) is 27.1. The van der Waals surface area contributed by atoms with Crippen LogP contribution in [0.25, 0.3) is 0 Å². The molecule has 0 spiro atoms. The van der Waals surface area contributed by atoms with Crippen LogP contribution in [0.2, 0.25) is 0 Å². The third-order valence-corrected chi connectivity index (χ3v) is 5.28. The summed E-state index contributed by atoms with van der Waals surface area (Å²) in [5, 5.41) is 15.3. The van der Waals surface area contributed by atoms with E-state index in [4.69, 9.17) is 0 Å². The predicted octanol–water partition coefficient (Wildman–Crippen LogP) is 2.82. The molecule has 6 nitrogen and oxygen atoms in total. The number of ketones is 1. The molecule has 6 heteroatoms. The average molecular weight is 363 g/mol. The molecule has 2 unspecified atom stereocenters. The SMILES string of the molecule is O=C(C1=C2NCCCN2CC([N+](=O)[O-])C1c1ccccc1)c1ccccc1. The molecule has 0 aromatic heterocycles. The Morgan fingerprint density at radius 3 is 2.41 bits per heavy atom. The van der Waals surface area contributed by atoms with Crippen molar-refractivity contribution in [2.45, 2.75) is 18.4 Å². The maximum atomic E-state index is 13.5. The van der Waals surface area contributed by atoms with Crippen molar-refractivity contribution in [3.63, 3.8) is 0 Å². The van der Waals surface area contributed by atoms with E-state index in [0.29, 0.717) is 17.7 Å². The molecular formula is C21H21N3O3. The maximum absolute atomic E-state index is 13.5. The van der Waals surface area contributed by atoms with Crippen LogP contribution in [0.5, 0.6) is 0 Å². The van der Waals surface area contributed by atoms with Crippen LogP contribution in [0, 0.1) is 10.1 Å². The van der Waals surface area contributed by atoms with Crippen LogP contribution in [-0.2, 0) is 0 Å². The lowest BCUT2D eigenvalue weighted by Gasteiger charge is -2.41. The zero-order valence-corrected chi connectivity index (χ0v) is 14.9. The van der Waals surface area contributed by atoms with Gasteiger partial charge in [-0.3, -0.25) is 14.9 Å². The topological polar surface area (TPSA) is 75.5 Å². The summed E-state index contributed by atoms with van der Waals surface area (Å²) in [5.41, 5.74) is 1.86. The van der Waals surface area contributed by atoms with Crippen LogP contribution < -0.4 is 5.32 Å². The summed E-state index contributed by atoms with van der Waals surface area (Å²) in [6.07, 6.45) is 0.900. The highest BCUT2D eigenvalue weighted by Gasteiger charge is 2.46. The Balaban J connectivity index is 1.90. The summed E-state index contributed by atoms with van der Waals surface area (Å²) in [7, 11) is 0. The van der Waals surface area contributed by atoms with E-state index in [9.17, 15) is 14.9 Å². The van der Waals surface area contributed by atoms with E-state index in [1.807, 2.05) is 53.4 Å². The highest BCUT2D eigenvalue weighted by Crippen LogP contribution is 2.39. The Kier molecular flexibility index (Phi) is 4.62. The van der Waals surface area contributed by atoms with Crippen LogP contribution in [0.4, 0.5) is 0 Å². The number of hydrogen-bond donors (Lipinski definition) is 1. The first-order valence-corrected chi connectivity index (χ1v) is 9.18. The molecule has 2 aliphatic heterocycles. The van der Waals surface area contributed by atoms with Gasteiger partial charge < -0.3 is 10.2 Å². The molecule has 0 aliphatic carbocycles. The second-order valence-electron chi connectivity index (χ2n) is 6.92. The molecule has 4 rings (SSSR count). The Labute approximate surface area is 157 Å². The van der Waals surface area contributed by atoms with Crippen molar-refractivity contribution in [3.05, 3.63) is 93.3 Å². The van der Waals surface area contributed by atoms with E-state index in [0.717, 1.165) is 30.9 Å².